The van der Waals surface area contributed by atoms with Crippen molar-refractivity contribution in [2.45, 2.75) is 46.1 Å². The maximum atomic E-state index is 12.2. The van der Waals surface area contributed by atoms with E-state index in [1.54, 1.807) is 7.11 Å². The first kappa shape index (κ1) is 14.7. The Morgan fingerprint density at radius 1 is 1.33 bits per heavy atom. The van der Waals surface area contributed by atoms with E-state index >= 15 is 0 Å². The lowest BCUT2D eigenvalue weighted by atomic mass is 9.96. The first-order chi connectivity index (χ1) is 8.49. The second-order valence-corrected chi connectivity index (χ2v) is 4.81. The molecule has 1 aromatic carbocycles. The SMILES string of the molecule is CCCC(N)CC(=O)c1cc(C)c(OC)cc1C. The number of benzene rings is 1. The van der Waals surface area contributed by atoms with Crippen molar-refractivity contribution < 1.29 is 9.53 Å². The smallest absolute Gasteiger partial charge is 0.164 e. The highest BCUT2D eigenvalue weighted by molar-refractivity contribution is 5.98. The third-order valence-electron chi connectivity index (χ3n) is 3.15. The van der Waals surface area contributed by atoms with E-state index in [0.29, 0.717) is 6.42 Å². The van der Waals surface area contributed by atoms with Gasteiger partial charge in [-0.3, -0.25) is 4.79 Å². The molecule has 100 valence electrons. The zero-order valence-electron chi connectivity index (χ0n) is 11.7. The number of methoxy groups -OCH3 is 1. The largest absolute Gasteiger partial charge is 0.496 e. The Kier molecular flexibility index (Phi) is 5.35. The van der Waals surface area contributed by atoms with Crippen LogP contribution in [-0.4, -0.2) is 18.9 Å². The van der Waals surface area contributed by atoms with Crippen LogP contribution in [0.15, 0.2) is 12.1 Å². The Hall–Kier alpha value is -1.35. The normalized spacial score (nSPS) is 12.3. The maximum Gasteiger partial charge on any atom is 0.164 e. The monoisotopic (exact) mass is 249 g/mol. The summed E-state index contributed by atoms with van der Waals surface area (Å²) in [5, 5.41) is 0. The number of hydrogen-bond acceptors (Lipinski definition) is 3. The van der Waals surface area contributed by atoms with Gasteiger partial charge in [-0.2, -0.15) is 0 Å². The van der Waals surface area contributed by atoms with Crippen LogP contribution < -0.4 is 10.5 Å². The molecule has 1 rings (SSSR count). The quantitative estimate of drug-likeness (QED) is 0.788. The van der Waals surface area contributed by atoms with Crippen molar-refractivity contribution in [1.82, 2.24) is 0 Å². The van der Waals surface area contributed by atoms with Crippen LogP contribution >= 0.6 is 0 Å². The Morgan fingerprint density at radius 3 is 2.56 bits per heavy atom. The third-order valence-corrected chi connectivity index (χ3v) is 3.15. The molecule has 0 radical (unpaired) electrons. The van der Waals surface area contributed by atoms with Crippen molar-refractivity contribution in [1.29, 1.82) is 0 Å². The molecule has 3 nitrogen and oxygen atoms in total. The number of carbonyl (C=O) groups excluding carboxylic acids is 1. The lowest BCUT2D eigenvalue weighted by Gasteiger charge is -2.13. The molecule has 0 aliphatic carbocycles. The van der Waals surface area contributed by atoms with Gasteiger partial charge in [0.25, 0.3) is 0 Å². The molecule has 0 aliphatic heterocycles. The van der Waals surface area contributed by atoms with Gasteiger partial charge >= 0.3 is 0 Å². The molecule has 0 heterocycles. The number of ether oxygens (including phenoxy) is 1. The van der Waals surface area contributed by atoms with Gasteiger partial charge in [0.05, 0.1) is 7.11 Å². The van der Waals surface area contributed by atoms with E-state index < -0.39 is 0 Å². The number of hydrogen-bond donors (Lipinski definition) is 1. The van der Waals surface area contributed by atoms with Crippen LogP contribution in [0.4, 0.5) is 0 Å². The van der Waals surface area contributed by atoms with Crippen molar-refractivity contribution in [2.75, 3.05) is 7.11 Å². The maximum absolute atomic E-state index is 12.2. The predicted octanol–water partition coefficient (Wildman–Crippen LogP) is 3.01. The van der Waals surface area contributed by atoms with Crippen LogP contribution in [0.25, 0.3) is 0 Å². The average Bonchev–Trinajstić information content (AvgIpc) is 2.31. The van der Waals surface area contributed by atoms with Crippen LogP contribution in [0.5, 0.6) is 5.75 Å². The van der Waals surface area contributed by atoms with Crippen molar-refractivity contribution in [3.63, 3.8) is 0 Å². The van der Waals surface area contributed by atoms with E-state index in [4.69, 9.17) is 10.5 Å². The Balaban J connectivity index is 2.89. The first-order valence-corrected chi connectivity index (χ1v) is 6.43. The highest BCUT2D eigenvalue weighted by Crippen LogP contribution is 2.23. The van der Waals surface area contributed by atoms with E-state index in [1.165, 1.54) is 0 Å². The van der Waals surface area contributed by atoms with Gasteiger partial charge in [0, 0.05) is 18.0 Å². The average molecular weight is 249 g/mol. The van der Waals surface area contributed by atoms with E-state index in [2.05, 4.69) is 6.92 Å². The van der Waals surface area contributed by atoms with Gasteiger partial charge < -0.3 is 10.5 Å². The second kappa shape index (κ2) is 6.55. The lowest BCUT2D eigenvalue weighted by Crippen LogP contribution is -2.23. The molecular formula is C15H23NO2. The predicted molar refractivity (Wildman–Crippen MR) is 74.3 cm³/mol. The number of Topliss-reactive ketones (excluding diaryl/α,β-unsaturated/α-hetero) is 1. The second-order valence-electron chi connectivity index (χ2n) is 4.81. The summed E-state index contributed by atoms with van der Waals surface area (Å²) >= 11 is 0. The molecule has 0 saturated carbocycles. The molecule has 0 bridgehead atoms. The van der Waals surface area contributed by atoms with Crippen molar-refractivity contribution in [2.24, 2.45) is 5.73 Å². The fraction of sp³-hybridized carbons (Fsp3) is 0.533. The molecule has 3 heteroatoms. The van der Waals surface area contributed by atoms with Crippen LogP contribution in [-0.2, 0) is 0 Å². The number of nitrogens with two attached hydrogens (primary N) is 1. The van der Waals surface area contributed by atoms with Crippen molar-refractivity contribution in [3.8, 4) is 5.75 Å². The zero-order chi connectivity index (χ0) is 13.7. The molecule has 2 N–H and O–H groups in total. The lowest BCUT2D eigenvalue weighted by molar-refractivity contribution is 0.0972. The Bertz CT molecular complexity index is 427. The molecule has 0 aliphatic rings. The first-order valence-electron chi connectivity index (χ1n) is 6.43. The summed E-state index contributed by atoms with van der Waals surface area (Å²) in [6.07, 6.45) is 2.31. The summed E-state index contributed by atoms with van der Waals surface area (Å²) in [6, 6.07) is 3.77. The molecular weight excluding hydrogens is 226 g/mol. The minimum atomic E-state index is -0.0377. The molecule has 0 aromatic heterocycles. The Morgan fingerprint density at radius 2 is 2.00 bits per heavy atom. The van der Waals surface area contributed by atoms with Crippen LogP contribution in [0, 0.1) is 13.8 Å². The van der Waals surface area contributed by atoms with Crippen LogP contribution in [0.2, 0.25) is 0 Å². The molecule has 0 spiro atoms. The number of carbonyl (C=O) groups is 1. The minimum absolute atomic E-state index is 0.0377. The van der Waals surface area contributed by atoms with Gasteiger partial charge in [-0.1, -0.05) is 13.3 Å². The summed E-state index contributed by atoms with van der Waals surface area (Å²) in [7, 11) is 1.64. The summed E-state index contributed by atoms with van der Waals surface area (Å²) in [5.41, 5.74) is 8.62. The van der Waals surface area contributed by atoms with Gasteiger partial charge in [-0.05, 0) is 43.5 Å². The number of ketones is 1. The van der Waals surface area contributed by atoms with E-state index in [-0.39, 0.29) is 11.8 Å². The van der Waals surface area contributed by atoms with Gasteiger partial charge in [-0.25, -0.2) is 0 Å². The zero-order valence-corrected chi connectivity index (χ0v) is 11.7. The molecule has 18 heavy (non-hydrogen) atoms. The third kappa shape index (κ3) is 3.57. The minimum Gasteiger partial charge on any atom is -0.496 e. The summed E-state index contributed by atoms with van der Waals surface area (Å²) in [6.45, 7) is 5.95. The van der Waals surface area contributed by atoms with E-state index in [0.717, 1.165) is 35.3 Å². The molecule has 0 saturated heterocycles. The van der Waals surface area contributed by atoms with Gasteiger partial charge in [0.1, 0.15) is 5.75 Å². The molecule has 0 amide bonds. The van der Waals surface area contributed by atoms with Gasteiger partial charge in [0.2, 0.25) is 0 Å². The number of aryl methyl sites for hydroxylation is 2. The van der Waals surface area contributed by atoms with Crippen molar-refractivity contribution >= 4 is 5.78 Å². The molecule has 0 fully saturated rings. The molecule has 1 atom stereocenters. The van der Waals surface area contributed by atoms with Gasteiger partial charge in [0.15, 0.2) is 5.78 Å². The van der Waals surface area contributed by atoms with Crippen LogP contribution in [0.3, 0.4) is 0 Å². The highest BCUT2D eigenvalue weighted by atomic mass is 16.5. The highest BCUT2D eigenvalue weighted by Gasteiger charge is 2.15. The molecule has 1 aromatic rings. The molecule has 1 unspecified atom stereocenters. The number of rotatable bonds is 6. The summed E-state index contributed by atoms with van der Waals surface area (Å²) in [5.74, 6) is 0.945. The standard InChI is InChI=1S/C15H23NO2/c1-5-6-12(16)9-14(17)13-7-11(3)15(18-4)8-10(13)2/h7-8,12H,5-6,9,16H2,1-4H3. The summed E-state index contributed by atoms with van der Waals surface area (Å²) in [4.78, 5) is 12.2. The van der Waals surface area contributed by atoms with Gasteiger partial charge in [-0.15, -0.1) is 0 Å². The van der Waals surface area contributed by atoms with E-state index in [1.807, 2.05) is 26.0 Å². The summed E-state index contributed by atoms with van der Waals surface area (Å²) < 4.78 is 5.24. The van der Waals surface area contributed by atoms with Crippen LogP contribution in [0.1, 0.15) is 47.7 Å². The van der Waals surface area contributed by atoms with Crippen molar-refractivity contribution in [3.05, 3.63) is 28.8 Å². The topological polar surface area (TPSA) is 52.3 Å². The fourth-order valence-corrected chi connectivity index (χ4v) is 2.13. The Labute approximate surface area is 109 Å². The fourth-order valence-electron chi connectivity index (χ4n) is 2.13. The van der Waals surface area contributed by atoms with E-state index in [9.17, 15) is 4.79 Å².